The van der Waals surface area contributed by atoms with Crippen molar-refractivity contribution < 1.29 is 9.90 Å². The molecule has 0 saturated carbocycles. The normalized spacial score (nSPS) is 30.2. The van der Waals surface area contributed by atoms with Gasteiger partial charge >= 0.3 is 0 Å². The molecular formula is C8H11NO2. The number of nitrogens with one attached hydrogen (secondary N) is 1. The van der Waals surface area contributed by atoms with Gasteiger partial charge in [0.05, 0.1) is 11.5 Å². The second-order valence-corrected chi connectivity index (χ2v) is 3.28. The van der Waals surface area contributed by atoms with Crippen molar-refractivity contribution in [1.82, 2.24) is 5.32 Å². The van der Waals surface area contributed by atoms with Crippen LogP contribution in [0.4, 0.5) is 0 Å². The summed E-state index contributed by atoms with van der Waals surface area (Å²) in [4.78, 5) is 10.9. The number of carbonyl (C=O) groups excluding carboxylic acids is 1. The maximum Gasteiger partial charge on any atom is 0.230 e. The molecule has 1 aliphatic heterocycles. The highest BCUT2D eigenvalue weighted by atomic mass is 16.3. The van der Waals surface area contributed by atoms with Crippen molar-refractivity contribution in [2.45, 2.75) is 25.5 Å². The molecule has 1 rings (SSSR count). The standard InChI is InChI=1S/C8H11NO2/c1-4-5-6(7(10)9-5)8(2,3)11/h1,5-6,11H,2-3H3,(H,9,10)/t5-,6+/m1/s1. The quantitative estimate of drug-likeness (QED) is 0.394. The van der Waals surface area contributed by atoms with Crippen LogP contribution in [0.3, 0.4) is 0 Å². The number of carbonyl (C=O) groups is 1. The molecule has 2 atom stereocenters. The maximum absolute atomic E-state index is 10.9. The van der Waals surface area contributed by atoms with Gasteiger partial charge in [-0.2, -0.15) is 0 Å². The summed E-state index contributed by atoms with van der Waals surface area (Å²) < 4.78 is 0. The highest BCUT2D eigenvalue weighted by Crippen LogP contribution is 2.26. The van der Waals surface area contributed by atoms with Crippen molar-refractivity contribution >= 4 is 5.91 Å². The largest absolute Gasteiger partial charge is 0.390 e. The first-order valence-electron chi connectivity index (χ1n) is 3.45. The van der Waals surface area contributed by atoms with Crippen molar-refractivity contribution in [2.24, 2.45) is 5.92 Å². The molecule has 0 spiro atoms. The van der Waals surface area contributed by atoms with E-state index in [2.05, 4.69) is 11.2 Å². The lowest BCUT2D eigenvalue weighted by atomic mass is 9.78. The first-order valence-corrected chi connectivity index (χ1v) is 3.45. The Morgan fingerprint density at radius 2 is 2.27 bits per heavy atom. The van der Waals surface area contributed by atoms with E-state index in [4.69, 9.17) is 6.42 Å². The Hall–Kier alpha value is -1.01. The maximum atomic E-state index is 10.9. The SMILES string of the molecule is C#C[C@H]1NC(=O)[C@H]1C(C)(C)O. The van der Waals surface area contributed by atoms with E-state index in [-0.39, 0.29) is 11.9 Å². The molecule has 1 heterocycles. The van der Waals surface area contributed by atoms with Gasteiger partial charge in [-0.25, -0.2) is 0 Å². The third-order valence-electron chi connectivity index (χ3n) is 1.85. The van der Waals surface area contributed by atoms with Crippen molar-refractivity contribution in [2.75, 3.05) is 0 Å². The molecule has 11 heavy (non-hydrogen) atoms. The van der Waals surface area contributed by atoms with E-state index in [0.29, 0.717) is 0 Å². The Morgan fingerprint density at radius 1 is 1.73 bits per heavy atom. The second-order valence-electron chi connectivity index (χ2n) is 3.28. The Bertz CT molecular complexity index is 221. The van der Waals surface area contributed by atoms with Crippen LogP contribution in [-0.2, 0) is 4.79 Å². The fraction of sp³-hybridized carbons (Fsp3) is 0.625. The van der Waals surface area contributed by atoms with Gasteiger partial charge in [0.2, 0.25) is 5.91 Å². The van der Waals surface area contributed by atoms with E-state index in [1.165, 1.54) is 0 Å². The molecule has 1 saturated heterocycles. The van der Waals surface area contributed by atoms with Crippen LogP contribution in [-0.4, -0.2) is 22.7 Å². The molecule has 0 unspecified atom stereocenters. The summed E-state index contributed by atoms with van der Waals surface area (Å²) in [6.45, 7) is 3.17. The number of hydrogen-bond donors (Lipinski definition) is 2. The molecule has 3 nitrogen and oxygen atoms in total. The molecule has 0 radical (unpaired) electrons. The van der Waals surface area contributed by atoms with Gasteiger partial charge < -0.3 is 10.4 Å². The zero-order valence-corrected chi connectivity index (χ0v) is 6.59. The second kappa shape index (κ2) is 2.24. The van der Waals surface area contributed by atoms with Crippen LogP contribution in [0.2, 0.25) is 0 Å². The lowest BCUT2D eigenvalue weighted by Gasteiger charge is -2.40. The minimum atomic E-state index is -1.01. The molecule has 3 heteroatoms. The van der Waals surface area contributed by atoms with Crippen LogP contribution in [0.25, 0.3) is 0 Å². The number of β-lactam (4-membered cyclic amide) rings is 1. The summed E-state index contributed by atoms with van der Waals surface area (Å²) >= 11 is 0. The van der Waals surface area contributed by atoms with Gasteiger partial charge in [-0.3, -0.25) is 4.79 Å². The van der Waals surface area contributed by atoms with Crippen molar-refractivity contribution in [3.63, 3.8) is 0 Å². The monoisotopic (exact) mass is 153 g/mol. The lowest BCUT2D eigenvalue weighted by Crippen LogP contribution is -2.64. The Kier molecular flexibility index (Phi) is 1.65. The molecule has 0 bridgehead atoms. The smallest absolute Gasteiger partial charge is 0.230 e. The fourth-order valence-electron chi connectivity index (χ4n) is 1.25. The highest BCUT2D eigenvalue weighted by Gasteiger charge is 2.47. The van der Waals surface area contributed by atoms with Crippen LogP contribution >= 0.6 is 0 Å². The summed E-state index contributed by atoms with van der Waals surface area (Å²) in [6, 6.07) is -0.303. The Morgan fingerprint density at radius 3 is 2.45 bits per heavy atom. The van der Waals surface area contributed by atoms with E-state index in [9.17, 15) is 9.90 Å². The number of amides is 1. The van der Waals surface area contributed by atoms with Gasteiger partial charge in [0.25, 0.3) is 0 Å². The molecular weight excluding hydrogens is 142 g/mol. The van der Waals surface area contributed by atoms with E-state index in [1.807, 2.05) is 0 Å². The fourth-order valence-corrected chi connectivity index (χ4v) is 1.25. The zero-order chi connectivity index (χ0) is 8.65. The van der Waals surface area contributed by atoms with Gasteiger partial charge in [0.1, 0.15) is 6.04 Å². The Balaban J connectivity index is 2.73. The van der Waals surface area contributed by atoms with E-state index in [1.54, 1.807) is 13.8 Å². The van der Waals surface area contributed by atoms with Gasteiger partial charge in [0, 0.05) is 0 Å². The number of aliphatic hydroxyl groups is 1. The third kappa shape index (κ3) is 1.22. The number of rotatable bonds is 1. The molecule has 0 aromatic heterocycles. The molecule has 1 fully saturated rings. The Labute approximate surface area is 65.8 Å². The van der Waals surface area contributed by atoms with Crippen LogP contribution in [0.5, 0.6) is 0 Å². The number of hydrogen-bond acceptors (Lipinski definition) is 2. The van der Waals surface area contributed by atoms with Crippen molar-refractivity contribution in [3.8, 4) is 12.3 Å². The van der Waals surface area contributed by atoms with E-state index < -0.39 is 11.5 Å². The van der Waals surface area contributed by atoms with Gasteiger partial charge in [-0.15, -0.1) is 6.42 Å². The summed E-state index contributed by atoms with van der Waals surface area (Å²) in [7, 11) is 0. The first kappa shape index (κ1) is 8.09. The molecule has 0 aromatic carbocycles. The van der Waals surface area contributed by atoms with Crippen LogP contribution in [0.1, 0.15) is 13.8 Å². The molecule has 1 amide bonds. The molecule has 0 aliphatic carbocycles. The average molecular weight is 153 g/mol. The third-order valence-corrected chi connectivity index (χ3v) is 1.85. The van der Waals surface area contributed by atoms with Gasteiger partial charge in [-0.05, 0) is 13.8 Å². The van der Waals surface area contributed by atoms with Gasteiger partial charge in [-0.1, -0.05) is 5.92 Å². The van der Waals surface area contributed by atoms with Gasteiger partial charge in [0.15, 0.2) is 0 Å². The molecule has 0 aromatic rings. The molecule has 60 valence electrons. The lowest BCUT2D eigenvalue weighted by molar-refractivity contribution is -0.144. The topological polar surface area (TPSA) is 49.3 Å². The van der Waals surface area contributed by atoms with Crippen LogP contribution in [0, 0.1) is 18.3 Å². The summed E-state index contributed by atoms with van der Waals surface area (Å²) in [6.07, 6.45) is 5.11. The zero-order valence-electron chi connectivity index (χ0n) is 6.59. The van der Waals surface area contributed by atoms with E-state index in [0.717, 1.165) is 0 Å². The predicted octanol–water partition coefficient (Wildman–Crippen LogP) is -0.495. The summed E-state index contributed by atoms with van der Waals surface area (Å²) in [5, 5.41) is 12.0. The summed E-state index contributed by atoms with van der Waals surface area (Å²) in [5.74, 6) is 1.78. The van der Waals surface area contributed by atoms with E-state index >= 15 is 0 Å². The van der Waals surface area contributed by atoms with Crippen molar-refractivity contribution in [3.05, 3.63) is 0 Å². The minimum Gasteiger partial charge on any atom is -0.390 e. The molecule has 2 N–H and O–H groups in total. The van der Waals surface area contributed by atoms with Crippen LogP contribution in [0.15, 0.2) is 0 Å². The van der Waals surface area contributed by atoms with Crippen molar-refractivity contribution in [1.29, 1.82) is 0 Å². The highest BCUT2D eigenvalue weighted by molar-refractivity contribution is 5.88. The average Bonchev–Trinajstić information content (AvgIpc) is 1.77. The minimum absolute atomic E-state index is 0.166. The number of terminal acetylenes is 1. The molecule has 1 aliphatic rings. The van der Waals surface area contributed by atoms with Crippen LogP contribution < -0.4 is 5.32 Å². The first-order chi connectivity index (χ1) is 4.96. The summed E-state index contributed by atoms with van der Waals surface area (Å²) in [5.41, 5.74) is -1.01. The predicted molar refractivity (Wildman–Crippen MR) is 40.6 cm³/mol.